The zero-order valence-corrected chi connectivity index (χ0v) is 16.7. The van der Waals surface area contributed by atoms with E-state index in [2.05, 4.69) is 35.3 Å². The molecule has 3 heterocycles. The minimum atomic E-state index is -1.02. The van der Waals surface area contributed by atoms with Crippen molar-refractivity contribution in [1.82, 2.24) is 15.0 Å². The molecule has 0 amide bonds. The molecule has 10 heteroatoms. The van der Waals surface area contributed by atoms with Gasteiger partial charge in [-0.3, -0.25) is 0 Å². The SMILES string of the molecule is O=C(O)COc1cccc(C=NNc2nc(N3CCCC3)nc(N3CCCC3)n2)c1. The summed E-state index contributed by atoms with van der Waals surface area (Å²) in [5.74, 6) is 1.23. The van der Waals surface area contributed by atoms with Gasteiger partial charge in [0.15, 0.2) is 6.61 Å². The van der Waals surface area contributed by atoms with Crippen LogP contribution in [0.2, 0.25) is 0 Å². The average Bonchev–Trinajstić information content (AvgIpc) is 3.46. The van der Waals surface area contributed by atoms with Gasteiger partial charge in [-0.15, -0.1) is 0 Å². The van der Waals surface area contributed by atoms with Gasteiger partial charge in [0, 0.05) is 26.2 Å². The van der Waals surface area contributed by atoms with Crippen LogP contribution in [0.15, 0.2) is 29.4 Å². The summed E-state index contributed by atoms with van der Waals surface area (Å²) in [6, 6.07) is 7.03. The number of aromatic nitrogens is 3. The number of rotatable bonds is 8. The number of hydrazone groups is 1. The number of hydrogen-bond donors (Lipinski definition) is 2. The Morgan fingerprint density at radius 3 is 2.30 bits per heavy atom. The first kappa shape index (κ1) is 19.9. The Kier molecular flexibility index (Phi) is 6.21. The van der Waals surface area contributed by atoms with Crippen LogP contribution in [0.5, 0.6) is 5.75 Å². The summed E-state index contributed by atoms with van der Waals surface area (Å²) < 4.78 is 5.19. The number of hydrogen-bond acceptors (Lipinski definition) is 9. The zero-order valence-electron chi connectivity index (χ0n) is 16.7. The Hall–Kier alpha value is -3.43. The molecule has 2 aliphatic heterocycles. The van der Waals surface area contributed by atoms with Gasteiger partial charge in [0.1, 0.15) is 5.75 Å². The van der Waals surface area contributed by atoms with Crippen molar-refractivity contribution in [2.75, 3.05) is 48.0 Å². The van der Waals surface area contributed by atoms with Gasteiger partial charge >= 0.3 is 5.97 Å². The van der Waals surface area contributed by atoms with Gasteiger partial charge in [-0.25, -0.2) is 10.2 Å². The van der Waals surface area contributed by atoms with Crippen LogP contribution in [0, 0.1) is 0 Å². The van der Waals surface area contributed by atoms with Gasteiger partial charge in [0.2, 0.25) is 17.8 Å². The van der Waals surface area contributed by atoms with Crippen molar-refractivity contribution in [3.63, 3.8) is 0 Å². The van der Waals surface area contributed by atoms with E-state index in [1.54, 1.807) is 24.4 Å². The molecule has 1 aromatic heterocycles. The van der Waals surface area contributed by atoms with Crippen LogP contribution in [0.1, 0.15) is 31.2 Å². The Labute approximate surface area is 174 Å². The Morgan fingerprint density at radius 1 is 1.07 bits per heavy atom. The lowest BCUT2D eigenvalue weighted by molar-refractivity contribution is -0.139. The number of carboxylic acids is 1. The third-order valence-corrected chi connectivity index (χ3v) is 4.99. The van der Waals surface area contributed by atoms with Crippen LogP contribution < -0.4 is 20.0 Å². The maximum Gasteiger partial charge on any atom is 0.341 e. The molecule has 0 unspecified atom stereocenters. The number of benzene rings is 1. The molecular formula is C20H25N7O3. The molecule has 0 atom stereocenters. The maximum atomic E-state index is 10.6. The van der Waals surface area contributed by atoms with Crippen molar-refractivity contribution in [1.29, 1.82) is 0 Å². The molecule has 30 heavy (non-hydrogen) atoms. The van der Waals surface area contributed by atoms with E-state index in [4.69, 9.17) is 9.84 Å². The van der Waals surface area contributed by atoms with Gasteiger partial charge in [0.05, 0.1) is 6.21 Å². The van der Waals surface area contributed by atoms with Crippen LogP contribution in [0.4, 0.5) is 17.8 Å². The molecule has 2 fully saturated rings. The third-order valence-electron chi connectivity index (χ3n) is 4.99. The smallest absolute Gasteiger partial charge is 0.341 e. The van der Waals surface area contributed by atoms with Crippen LogP contribution in [-0.2, 0) is 4.79 Å². The van der Waals surface area contributed by atoms with Crippen LogP contribution in [0.3, 0.4) is 0 Å². The predicted molar refractivity (Wildman–Crippen MR) is 114 cm³/mol. The lowest BCUT2D eigenvalue weighted by Crippen LogP contribution is -2.25. The molecule has 0 radical (unpaired) electrons. The van der Waals surface area contributed by atoms with Gasteiger partial charge < -0.3 is 19.6 Å². The Bertz CT molecular complexity index is 875. The van der Waals surface area contributed by atoms with Crippen molar-refractivity contribution in [3.8, 4) is 5.75 Å². The predicted octanol–water partition coefficient (Wildman–Crippen LogP) is 1.98. The number of ether oxygens (including phenoxy) is 1. The molecule has 2 N–H and O–H groups in total. The first-order valence-electron chi connectivity index (χ1n) is 10.2. The standard InChI is InChI=1S/C20H25N7O3/c28-17(29)14-30-16-7-5-6-15(12-16)13-21-25-18-22-19(26-8-1-2-9-26)24-20(23-18)27-10-3-4-11-27/h5-7,12-13H,1-4,8-11,14H2,(H,28,29)(H,22,23,24,25). The fourth-order valence-electron chi connectivity index (χ4n) is 3.52. The first-order valence-corrected chi connectivity index (χ1v) is 10.2. The quantitative estimate of drug-likeness (QED) is 0.497. The van der Waals surface area contributed by atoms with E-state index < -0.39 is 5.97 Å². The van der Waals surface area contributed by atoms with E-state index in [1.807, 2.05) is 6.07 Å². The summed E-state index contributed by atoms with van der Waals surface area (Å²) in [7, 11) is 0. The molecule has 0 bridgehead atoms. The minimum absolute atomic E-state index is 0.387. The Morgan fingerprint density at radius 2 is 1.70 bits per heavy atom. The molecule has 2 aromatic rings. The molecular weight excluding hydrogens is 386 g/mol. The van der Waals surface area contributed by atoms with E-state index >= 15 is 0 Å². The first-order chi connectivity index (χ1) is 14.7. The second-order valence-corrected chi connectivity index (χ2v) is 7.27. The van der Waals surface area contributed by atoms with Crippen molar-refractivity contribution in [2.45, 2.75) is 25.7 Å². The second-order valence-electron chi connectivity index (χ2n) is 7.27. The minimum Gasteiger partial charge on any atom is -0.482 e. The van der Waals surface area contributed by atoms with Gasteiger partial charge in [-0.1, -0.05) is 12.1 Å². The van der Waals surface area contributed by atoms with Gasteiger partial charge in [-0.05, 0) is 43.4 Å². The molecule has 2 saturated heterocycles. The van der Waals surface area contributed by atoms with Gasteiger partial charge in [0.25, 0.3) is 0 Å². The summed E-state index contributed by atoms with van der Waals surface area (Å²) in [4.78, 5) is 28.8. The summed E-state index contributed by atoms with van der Waals surface area (Å²) in [6.45, 7) is 3.43. The number of nitrogens with zero attached hydrogens (tertiary/aromatic N) is 6. The molecule has 1 aromatic carbocycles. The van der Waals surface area contributed by atoms with Crippen molar-refractivity contribution < 1.29 is 14.6 Å². The van der Waals surface area contributed by atoms with Crippen molar-refractivity contribution in [2.24, 2.45) is 5.10 Å². The zero-order chi connectivity index (χ0) is 20.8. The lowest BCUT2D eigenvalue weighted by Gasteiger charge is -2.20. The number of carboxylic acid groups (broad SMARTS) is 1. The van der Waals surface area contributed by atoms with Gasteiger partial charge in [-0.2, -0.15) is 20.1 Å². The van der Waals surface area contributed by atoms with Crippen molar-refractivity contribution >= 4 is 30.0 Å². The number of nitrogens with one attached hydrogen (secondary N) is 1. The normalized spacial score (nSPS) is 16.4. The highest BCUT2D eigenvalue weighted by molar-refractivity contribution is 5.80. The van der Waals surface area contributed by atoms with E-state index in [0.29, 0.717) is 23.6 Å². The third kappa shape index (κ3) is 5.13. The topological polar surface area (TPSA) is 116 Å². The monoisotopic (exact) mass is 411 g/mol. The molecule has 0 aliphatic carbocycles. The summed E-state index contributed by atoms with van der Waals surface area (Å²) in [5, 5.41) is 13.0. The Balaban J connectivity index is 1.48. The fraction of sp³-hybridized carbons (Fsp3) is 0.450. The summed E-state index contributed by atoms with van der Waals surface area (Å²) in [6.07, 6.45) is 6.19. The highest BCUT2D eigenvalue weighted by Crippen LogP contribution is 2.22. The molecule has 0 spiro atoms. The molecule has 158 valence electrons. The number of aliphatic carboxylic acids is 1. The molecule has 10 nitrogen and oxygen atoms in total. The summed E-state index contributed by atoms with van der Waals surface area (Å²) >= 11 is 0. The van der Waals surface area contributed by atoms with E-state index in [-0.39, 0.29) is 6.61 Å². The van der Waals surface area contributed by atoms with Crippen molar-refractivity contribution in [3.05, 3.63) is 29.8 Å². The largest absolute Gasteiger partial charge is 0.482 e. The van der Waals surface area contributed by atoms with Crippen LogP contribution >= 0.6 is 0 Å². The lowest BCUT2D eigenvalue weighted by atomic mass is 10.2. The second kappa shape index (κ2) is 9.38. The number of anilines is 3. The maximum absolute atomic E-state index is 10.6. The van der Waals surface area contributed by atoms with E-state index in [1.165, 1.54) is 0 Å². The highest BCUT2D eigenvalue weighted by atomic mass is 16.5. The summed E-state index contributed by atoms with van der Waals surface area (Å²) in [5.41, 5.74) is 3.67. The highest BCUT2D eigenvalue weighted by Gasteiger charge is 2.21. The van der Waals surface area contributed by atoms with Crippen LogP contribution in [-0.4, -0.2) is 65.0 Å². The molecule has 4 rings (SSSR count). The molecule has 0 saturated carbocycles. The number of carbonyl (C=O) groups is 1. The molecule has 2 aliphatic rings. The van der Waals surface area contributed by atoms with Crippen LogP contribution in [0.25, 0.3) is 0 Å². The van der Waals surface area contributed by atoms with E-state index in [9.17, 15) is 4.79 Å². The van der Waals surface area contributed by atoms with E-state index in [0.717, 1.165) is 57.4 Å². The average molecular weight is 411 g/mol. The fourth-order valence-corrected chi connectivity index (χ4v) is 3.52.